The minimum atomic E-state index is -0.223. The third-order valence-corrected chi connectivity index (χ3v) is 3.56. The molecule has 0 aliphatic heterocycles. The van der Waals surface area contributed by atoms with Crippen LogP contribution in [0.3, 0.4) is 0 Å². The topological polar surface area (TPSA) is 85.4 Å². The molecule has 0 radical (unpaired) electrons. The number of nitrogens with zero attached hydrogens (tertiary/aromatic N) is 2. The van der Waals surface area contributed by atoms with Gasteiger partial charge in [0.15, 0.2) is 0 Å². The summed E-state index contributed by atoms with van der Waals surface area (Å²) in [4.78, 5) is 20.4. The van der Waals surface area contributed by atoms with E-state index in [0.717, 1.165) is 6.42 Å². The summed E-state index contributed by atoms with van der Waals surface area (Å²) < 4.78 is 10.5. The smallest absolute Gasteiger partial charge is 0.271 e. The minimum Gasteiger partial charge on any atom is -0.497 e. The quantitative estimate of drug-likeness (QED) is 0.766. The summed E-state index contributed by atoms with van der Waals surface area (Å²) in [5.74, 6) is 2.16. The molecule has 0 aliphatic carbocycles. The van der Waals surface area contributed by atoms with Crippen LogP contribution >= 0.6 is 0 Å². The van der Waals surface area contributed by atoms with Crippen LogP contribution in [0.25, 0.3) is 0 Å². The molecule has 7 heteroatoms. The lowest BCUT2D eigenvalue weighted by molar-refractivity contribution is 0.0946. The van der Waals surface area contributed by atoms with E-state index in [1.807, 2.05) is 0 Å². The molecule has 0 spiro atoms. The second kappa shape index (κ2) is 8.86. The van der Waals surface area contributed by atoms with Gasteiger partial charge in [-0.05, 0) is 24.5 Å². The molecule has 134 valence electrons. The number of hydrogen-bond donors (Lipinski definition) is 2. The Labute approximate surface area is 147 Å². The maximum Gasteiger partial charge on any atom is 0.271 e. The van der Waals surface area contributed by atoms with E-state index in [0.29, 0.717) is 35.5 Å². The zero-order valence-corrected chi connectivity index (χ0v) is 15.0. The van der Waals surface area contributed by atoms with Crippen molar-refractivity contribution in [2.75, 3.05) is 26.1 Å². The van der Waals surface area contributed by atoms with Gasteiger partial charge in [-0.3, -0.25) is 4.79 Å². The summed E-state index contributed by atoms with van der Waals surface area (Å²) in [5, 5.41) is 5.95. The first kappa shape index (κ1) is 18.5. The number of methoxy groups -OCH3 is 2. The Bertz CT molecular complexity index is 702. The summed E-state index contributed by atoms with van der Waals surface area (Å²) in [5.41, 5.74) is 0.984. The van der Waals surface area contributed by atoms with E-state index in [1.54, 1.807) is 32.4 Å². The van der Waals surface area contributed by atoms with Crippen LogP contribution in [-0.2, 0) is 0 Å². The van der Waals surface area contributed by atoms with Gasteiger partial charge in [-0.25, -0.2) is 9.97 Å². The lowest BCUT2D eigenvalue weighted by Crippen LogP contribution is -2.26. The van der Waals surface area contributed by atoms with Gasteiger partial charge in [0, 0.05) is 12.6 Å². The van der Waals surface area contributed by atoms with Gasteiger partial charge >= 0.3 is 0 Å². The van der Waals surface area contributed by atoms with Crippen molar-refractivity contribution in [2.45, 2.75) is 20.3 Å². The number of anilines is 2. The largest absolute Gasteiger partial charge is 0.497 e. The Morgan fingerprint density at radius 2 is 1.96 bits per heavy atom. The number of aromatic nitrogens is 2. The standard InChI is InChI=1S/C18H24N4O3/c1-12(2)7-8-19-18(23)15-10-21-17(11-20-15)22-14-9-13(24-3)5-6-16(14)25-4/h5-6,9-12H,7-8H2,1-4H3,(H,19,23)(H,21,22). The van der Waals surface area contributed by atoms with Crippen LogP contribution in [0.5, 0.6) is 11.5 Å². The summed E-state index contributed by atoms with van der Waals surface area (Å²) in [6.45, 7) is 4.84. The van der Waals surface area contributed by atoms with E-state index in [4.69, 9.17) is 9.47 Å². The molecule has 0 bridgehead atoms. The molecule has 0 fully saturated rings. The maximum absolute atomic E-state index is 12.0. The first-order valence-electron chi connectivity index (χ1n) is 8.12. The van der Waals surface area contributed by atoms with Crippen LogP contribution in [0.2, 0.25) is 0 Å². The molecule has 25 heavy (non-hydrogen) atoms. The molecule has 1 aromatic heterocycles. The lowest BCUT2D eigenvalue weighted by atomic mass is 10.1. The molecule has 2 N–H and O–H groups in total. The summed E-state index contributed by atoms with van der Waals surface area (Å²) in [6.07, 6.45) is 3.88. The van der Waals surface area contributed by atoms with E-state index in [1.165, 1.54) is 12.4 Å². The SMILES string of the molecule is COc1ccc(OC)c(Nc2cnc(C(=O)NCCC(C)C)cn2)c1. The fraction of sp³-hybridized carbons (Fsp3) is 0.389. The van der Waals surface area contributed by atoms with Gasteiger partial charge in [0.2, 0.25) is 0 Å². The number of nitrogens with one attached hydrogen (secondary N) is 2. The first-order chi connectivity index (χ1) is 12.0. The van der Waals surface area contributed by atoms with Gasteiger partial charge < -0.3 is 20.1 Å². The van der Waals surface area contributed by atoms with E-state index >= 15 is 0 Å². The molecule has 0 aliphatic rings. The van der Waals surface area contributed by atoms with Crippen molar-refractivity contribution in [2.24, 2.45) is 5.92 Å². The second-order valence-corrected chi connectivity index (χ2v) is 5.92. The predicted molar refractivity (Wildman–Crippen MR) is 96.6 cm³/mol. The molecule has 0 atom stereocenters. The van der Waals surface area contributed by atoms with Gasteiger partial charge in [-0.2, -0.15) is 0 Å². The molecular formula is C18H24N4O3. The van der Waals surface area contributed by atoms with E-state index in [-0.39, 0.29) is 11.6 Å². The molecule has 0 saturated carbocycles. The molecule has 0 saturated heterocycles. The molecule has 2 rings (SSSR count). The second-order valence-electron chi connectivity index (χ2n) is 5.92. The Hall–Kier alpha value is -2.83. The van der Waals surface area contributed by atoms with Crippen LogP contribution in [0.4, 0.5) is 11.5 Å². The normalized spacial score (nSPS) is 10.4. The average Bonchev–Trinajstić information content (AvgIpc) is 2.61. The fourth-order valence-corrected chi connectivity index (χ4v) is 2.12. The highest BCUT2D eigenvalue weighted by molar-refractivity contribution is 5.92. The van der Waals surface area contributed by atoms with Crippen molar-refractivity contribution >= 4 is 17.4 Å². The molecule has 2 aromatic rings. The molecule has 1 amide bonds. The third kappa shape index (κ3) is 5.34. The molecular weight excluding hydrogens is 320 g/mol. The van der Waals surface area contributed by atoms with Crippen molar-refractivity contribution in [1.29, 1.82) is 0 Å². The highest BCUT2D eigenvalue weighted by Crippen LogP contribution is 2.30. The average molecular weight is 344 g/mol. The molecule has 1 heterocycles. The monoisotopic (exact) mass is 344 g/mol. The molecule has 7 nitrogen and oxygen atoms in total. The number of carbonyl (C=O) groups is 1. The van der Waals surface area contributed by atoms with Gasteiger partial charge in [0.1, 0.15) is 23.0 Å². The maximum atomic E-state index is 12.0. The van der Waals surface area contributed by atoms with Crippen LogP contribution in [0.15, 0.2) is 30.6 Å². The van der Waals surface area contributed by atoms with Crippen molar-refractivity contribution in [3.05, 3.63) is 36.3 Å². The summed E-state index contributed by atoms with van der Waals surface area (Å²) in [6, 6.07) is 5.40. The minimum absolute atomic E-state index is 0.223. The van der Waals surface area contributed by atoms with Gasteiger partial charge in [0.25, 0.3) is 5.91 Å². The number of benzene rings is 1. The Morgan fingerprint density at radius 3 is 2.56 bits per heavy atom. The molecule has 1 aromatic carbocycles. The number of ether oxygens (including phenoxy) is 2. The fourth-order valence-electron chi connectivity index (χ4n) is 2.12. The van der Waals surface area contributed by atoms with Crippen molar-refractivity contribution in [3.63, 3.8) is 0 Å². The van der Waals surface area contributed by atoms with E-state index in [2.05, 4.69) is 34.4 Å². The summed E-state index contributed by atoms with van der Waals surface area (Å²) in [7, 11) is 3.18. The van der Waals surface area contributed by atoms with Crippen LogP contribution in [0.1, 0.15) is 30.8 Å². The van der Waals surface area contributed by atoms with Gasteiger partial charge in [-0.15, -0.1) is 0 Å². The summed E-state index contributed by atoms with van der Waals surface area (Å²) >= 11 is 0. The molecule has 0 unspecified atom stereocenters. The highest BCUT2D eigenvalue weighted by atomic mass is 16.5. The number of rotatable bonds is 8. The third-order valence-electron chi connectivity index (χ3n) is 3.56. The number of amides is 1. The van der Waals surface area contributed by atoms with Crippen molar-refractivity contribution in [1.82, 2.24) is 15.3 Å². The van der Waals surface area contributed by atoms with E-state index < -0.39 is 0 Å². The van der Waals surface area contributed by atoms with Crippen LogP contribution in [-0.4, -0.2) is 36.6 Å². The first-order valence-corrected chi connectivity index (χ1v) is 8.12. The Balaban J connectivity index is 2.04. The zero-order chi connectivity index (χ0) is 18.2. The Kier molecular flexibility index (Phi) is 6.56. The van der Waals surface area contributed by atoms with Crippen LogP contribution in [0, 0.1) is 5.92 Å². The van der Waals surface area contributed by atoms with Gasteiger partial charge in [0.05, 0.1) is 32.3 Å². The lowest BCUT2D eigenvalue weighted by Gasteiger charge is -2.12. The van der Waals surface area contributed by atoms with Gasteiger partial charge in [-0.1, -0.05) is 13.8 Å². The predicted octanol–water partition coefficient (Wildman–Crippen LogP) is 3.01. The van der Waals surface area contributed by atoms with E-state index in [9.17, 15) is 4.79 Å². The van der Waals surface area contributed by atoms with Crippen molar-refractivity contribution < 1.29 is 14.3 Å². The zero-order valence-electron chi connectivity index (χ0n) is 15.0. The number of carbonyl (C=O) groups excluding carboxylic acids is 1. The highest BCUT2D eigenvalue weighted by Gasteiger charge is 2.10. The van der Waals surface area contributed by atoms with Crippen LogP contribution < -0.4 is 20.1 Å². The van der Waals surface area contributed by atoms with Crippen molar-refractivity contribution in [3.8, 4) is 11.5 Å². The number of hydrogen-bond acceptors (Lipinski definition) is 6. The Morgan fingerprint density at radius 1 is 1.16 bits per heavy atom.